The summed E-state index contributed by atoms with van der Waals surface area (Å²) in [4.78, 5) is 0. The van der Waals surface area contributed by atoms with Gasteiger partial charge in [0.2, 0.25) is 0 Å². The number of benzene rings is 1. The van der Waals surface area contributed by atoms with Gasteiger partial charge in [-0.1, -0.05) is 11.6 Å². The minimum Gasteiger partial charge on any atom is -0.313 e. The zero-order valence-electron chi connectivity index (χ0n) is 8.98. The molecule has 0 saturated carbocycles. The number of halogens is 2. The average molecular weight is 211 g/mol. The lowest BCUT2D eigenvalue weighted by atomic mass is 10.0. The van der Waals surface area contributed by atoms with Crippen LogP contribution in [-0.4, -0.2) is 7.05 Å². The molecule has 0 saturated heterocycles. The van der Waals surface area contributed by atoms with Gasteiger partial charge in [-0.15, -0.1) is 6.58 Å². The van der Waals surface area contributed by atoms with Gasteiger partial charge in [0.15, 0.2) is 11.6 Å². The van der Waals surface area contributed by atoms with Gasteiger partial charge in [0.05, 0.1) is 0 Å². The van der Waals surface area contributed by atoms with E-state index in [2.05, 4.69) is 11.9 Å². The molecule has 15 heavy (non-hydrogen) atoms. The summed E-state index contributed by atoms with van der Waals surface area (Å²) in [6.07, 6.45) is 0.710. The molecule has 0 radical (unpaired) electrons. The molecule has 0 bridgehead atoms. The predicted molar refractivity (Wildman–Crippen MR) is 57.6 cm³/mol. The van der Waals surface area contributed by atoms with Crippen molar-refractivity contribution in [2.45, 2.75) is 19.4 Å². The third-order valence-electron chi connectivity index (χ3n) is 2.25. The van der Waals surface area contributed by atoms with Crippen LogP contribution in [0.4, 0.5) is 8.78 Å². The maximum absolute atomic E-state index is 13.0. The maximum atomic E-state index is 13.0. The molecule has 1 atom stereocenters. The second-order valence-corrected chi connectivity index (χ2v) is 3.68. The smallest absolute Gasteiger partial charge is 0.159 e. The van der Waals surface area contributed by atoms with Crippen molar-refractivity contribution < 1.29 is 8.78 Å². The highest BCUT2D eigenvalue weighted by Crippen LogP contribution is 2.21. The summed E-state index contributed by atoms with van der Waals surface area (Å²) in [7, 11) is 1.79. The van der Waals surface area contributed by atoms with E-state index in [4.69, 9.17) is 0 Å². The van der Waals surface area contributed by atoms with Gasteiger partial charge in [-0.25, -0.2) is 8.78 Å². The molecule has 0 aliphatic heterocycles. The highest BCUT2D eigenvalue weighted by atomic mass is 19.2. The fourth-order valence-corrected chi connectivity index (χ4v) is 1.46. The third kappa shape index (κ3) is 3.13. The Morgan fingerprint density at radius 2 is 2.07 bits per heavy atom. The van der Waals surface area contributed by atoms with E-state index in [0.717, 1.165) is 17.2 Å². The summed E-state index contributed by atoms with van der Waals surface area (Å²) in [6, 6.07) is 3.94. The van der Waals surface area contributed by atoms with Crippen LogP contribution in [-0.2, 0) is 0 Å². The predicted octanol–water partition coefficient (Wildman–Crippen LogP) is 3.19. The van der Waals surface area contributed by atoms with E-state index in [1.807, 2.05) is 6.92 Å². The molecule has 1 nitrogen and oxygen atoms in total. The maximum Gasteiger partial charge on any atom is 0.159 e. The number of nitrogens with one attached hydrogen (secondary N) is 1. The molecular weight excluding hydrogens is 196 g/mol. The molecule has 0 heterocycles. The van der Waals surface area contributed by atoms with Crippen molar-refractivity contribution in [3.05, 3.63) is 47.5 Å². The molecule has 0 aliphatic carbocycles. The van der Waals surface area contributed by atoms with Gasteiger partial charge in [0.1, 0.15) is 0 Å². The Kier molecular flexibility index (Phi) is 3.97. The summed E-state index contributed by atoms with van der Waals surface area (Å²) in [5.41, 5.74) is 1.73. The average Bonchev–Trinajstić information content (AvgIpc) is 2.18. The van der Waals surface area contributed by atoms with Crippen LogP contribution in [0.15, 0.2) is 30.4 Å². The van der Waals surface area contributed by atoms with E-state index in [9.17, 15) is 8.78 Å². The Bertz CT molecular complexity index is 361. The van der Waals surface area contributed by atoms with Crippen LogP contribution >= 0.6 is 0 Å². The van der Waals surface area contributed by atoms with Crippen molar-refractivity contribution in [3.8, 4) is 0 Å². The molecule has 82 valence electrons. The number of hydrogen-bond acceptors (Lipinski definition) is 1. The summed E-state index contributed by atoms with van der Waals surface area (Å²) in [5, 5.41) is 3.05. The molecule has 1 aromatic rings. The first-order chi connectivity index (χ1) is 7.04. The van der Waals surface area contributed by atoms with Crippen LogP contribution in [0, 0.1) is 11.6 Å². The van der Waals surface area contributed by atoms with Gasteiger partial charge in [-0.2, -0.15) is 0 Å². The number of rotatable bonds is 4. The summed E-state index contributed by atoms with van der Waals surface area (Å²) >= 11 is 0. The molecule has 1 rings (SSSR count). The van der Waals surface area contributed by atoms with Crippen LogP contribution < -0.4 is 5.32 Å². The Morgan fingerprint density at radius 3 is 2.53 bits per heavy atom. The van der Waals surface area contributed by atoms with Crippen LogP contribution in [0.5, 0.6) is 0 Å². The van der Waals surface area contributed by atoms with E-state index >= 15 is 0 Å². The minimum atomic E-state index is -0.816. The van der Waals surface area contributed by atoms with Crippen molar-refractivity contribution >= 4 is 0 Å². The standard InChI is InChI=1S/C12H15F2N/c1-8(2)6-12(15-3)9-4-5-10(13)11(14)7-9/h4-5,7,12,15H,1,6H2,2-3H3. The van der Waals surface area contributed by atoms with E-state index < -0.39 is 11.6 Å². The molecule has 3 heteroatoms. The first-order valence-corrected chi connectivity index (χ1v) is 4.81. The monoisotopic (exact) mass is 211 g/mol. The van der Waals surface area contributed by atoms with Gasteiger partial charge >= 0.3 is 0 Å². The first-order valence-electron chi connectivity index (χ1n) is 4.81. The molecule has 0 amide bonds. The molecule has 1 N–H and O–H groups in total. The zero-order chi connectivity index (χ0) is 11.4. The highest BCUT2D eigenvalue weighted by Gasteiger charge is 2.11. The van der Waals surface area contributed by atoms with E-state index in [1.54, 1.807) is 13.1 Å². The second kappa shape index (κ2) is 5.03. The van der Waals surface area contributed by atoms with Gasteiger partial charge in [-0.05, 0) is 38.1 Å². The zero-order valence-corrected chi connectivity index (χ0v) is 8.98. The van der Waals surface area contributed by atoms with Gasteiger partial charge in [0, 0.05) is 6.04 Å². The molecule has 1 unspecified atom stereocenters. The van der Waals surface area contributed by atoms with Crippen LogP contribution in [0.2, 0.25) is 0 Å². The fourth-order valence-electron chi connectivity index (χ4n) is 1.46. The lowest BCUT2D eigenvalue weighted by Crippen LogP contribution is -2.16. The number of hydrogen-bond donors (Lipinski definition) is 1. The summed E-state index contributed by atoms with van der Waals surface area (Å²) in [6.45, 7) is 5.71. The third-order valence-corrected chi connectivity index (χ3v) is 2.25. The molecular formula is C12H15F2N. The lowest BCUT2D eigenvalue weighted by molar-refractivity contribution is 0.501. The summed E-state index contributed by atoms with van der Waals surface area (Å²) < 4.78 is 25.7. The Labute approximate surface area is 88.8 Å². The summed E-state index contributed by atoms with van der Waals surface area (Å²) in [5.74, 6) is -1.63. The van der Waals surface area contributed by atoms with Crippen molar-refractivity contribution in [2.75, 3.05) is 7.05 Å². The first kappa shape index (κ1) is 11.9. The van der Waals surface area contributed by atoms with Gasteiger partial charge in [-0.3, -0.25) is 0 Å². The Morgan fingerprint density at radius 1 is 1.40 bits per heavy atom. The van der Waals surface area contributed by atoms with E-state index in [-0.39, 0.29) is 6.04 Å². The van der Waals surface area contributed by atoms with E-state index in [1.165, 1.54) is 6.07 Å². The van der Waals surface area contributed by atoms with Gasteiger partial charge < -0.3 is 5.32 Å². The molecule has 0 spiro atoms. The van der Waals surface area contributed by atoms with Crippen molar-refractivity contribution in [1.29, 1.82) is 0 Å². The highest BCUT2D eigenvalue weighted by molar-refractivity contribution is 5.22. The quantitative estimate of drug-likeness (QED) is 0.754. The topological polar surface area (TPSA) is 12.0 Å². The minimum absolute atomic E-state index is 0.0161. The van der Waals surface area contributed by atoms with Crippen molar-refractivity contribution in [1.82, 2.24) is 5.32 Å². The Hall–Kier alpha value is -1.22. The molecule has 0 aromatic heterocycles. The second-order valence-electron chi connectivity index (χ2n) is 3.68. The molecule has 0 aliphatic rings. The SMILES string of the molecule is C=C(C)CC(NC)c1ccc(F)c(F)c1. The lowest BCUT2D eigenvalue weighted by Gasteiger charge is -2.16. The molecule has 1 aromatic carbocycles. The normalized spacial score (nSPS) is 12.5. The van der Waals surface area contributed by atoms with Crippen LogP contribution in [0.1, 0.15) is 24.9 Å². The Balaban J connectivity index is 2.92. The molecule has 0 fully saturated rings. The van der Waals surface area contributed by atoms with E-state index in [0.29, 0.717) is 6.42 Å². The van der Waals surface area contributed by atoms with Crippen molar-refractivity contribution in [3.63, 3.8) is 0 Å². The van der Waals surface area contributed by atoms with Crippen molar-refractivity contribution in [2.24, 2.45) is 0 Å². The van der Waals surface area contributed by atoms with Gasteiger partial charge in [0.25, 0.3) is 0 Å². The largest absolute Gasteiger partial charge is 0.313 e. The van der Waals surface area contributed by atoms with Crippen LogP contribution in [0.3, 0.4) is 0 Å². The fraction of sp³-hybridized carbons (Fsp3) is 0.333. The van der Waals surface area contributed by atoms with Crippen LogP contribution in [0.25, 0.3) is 0 Å².